The number of halogens is 2. The van der Waals surface area contributed by atoms with Crippen LogP contribution in [0.5, 0.6) is 0 Å². The quantitative estimate of drug-likeness (QED) is 0.796. The zero-order valence-corrected chi connectivity index (χ0v) is 11.3. The third kappa shape index (κ3) is 2.51. The van der Waals surface area contributed by atoms with Gasteiger partial charge in [-0.3, -0.25) is 4.79 Å². The highest BCUT2D eigenvalue weighted by atomic mass is 19.2. The van der Waals surface area contributed by atoms with E-state index in [1.165, 1.54) is 12.3 Å². The molecule has 0 unspecified atom stereocenters. The number of benzene rings is 1. The molecule has 1 aromatic heterocycles. The van der Waals surface area contributed by atoms with Crippen molar-refractivity contribution in [3.05, 3.63) is 35.5 Å². The maximum Gasteiger partial charge on any atom is 0.253 e. The van der Waals surface area contributed by atoms with Crippen molar-refractivity contribution in [2.75, 3.05) is 0 Å². The molecule has 0 aliphatic heterocycles. The lowest BCUT2D eigenvalue weighted by Gasteiger charge is -2.28. The van der Waals surface area contributed by atoms with Crippen LogP contribution in [0.1, 0.15) is 36.0 Å². The number of aliphatic hydroxyl groups excluding tert-OH is 1. The number of carbonyl (C=O) groups is 1. The van der Waals surface area contributed by atoms with E-state index in [4.69, 9.17) is 0 Å². The average molecular weight is 294 g/mol. The summed E-state index contributed by atoms with van der Waals surface area (Å²) in [5, 5.41) is 12.5. The van der Waals surface area contributed by atoms with Crippen molar-refractivity contribution in [2.24, 2.45) is 0 Å². The van der Waals surface area contributed by atoms with Gasteiger partial charge in [0.05, 0.1) is 23.1 Å². The van der Waals surface area contributed by atoms with Gasteiger partial charge in [0, 0.05) is 11.7 Å². The lowest BCUT2D eigenvalue weighted by atomic mass is 9.92. The second kappa shape index (κ2) is 5.44. The normalized spacial score (nSPS) is 22.4. The Morgan fingerprint density at radius 2 is 2.05 bits per heavy atom. The monoisotopic (exact) mass is 294 g/mol. The van der Waals surface area contributed by atoms with Crippen LogP contribution in [-0.4, -0.2) is 28.1 Å². The molecule has 1 aliphatic carbocycles. The second-order valence-electron chi connectivity index (χ2n) is 5.42. The van der Waals surface area contributed by atoms with Gasteiger partial charge in [-0.05, 0) is 25.0 Å². The molecule has 0 bridgehead atoms. The highest BCUT2D eigenvalue weighted by Crippen LogP contribution is 2.25. The van der Waals surface area contributed by atoms with Crippen LogP contribution in [0.4, 0.5) is 8.78 Å². The van der Waals surface area contributed by atoms with Gasteiger partial charge < -0.3 is 15.4 Å². The molecule has 1 fully saturated rings. The zero-order chi connectivity index (χ0) is 15.0. The molecule has 0 saturated heterocycles. The molecule has 6 heteroatoms. The largest absolute Gasteiger partial charge is 0.391 e. The molecule has 4 nitrogen and oxygen atoms in total. The number of hydrogen-bond acceptors (Lipinski definition) is 2. The molecular weight excluding hydrogens is 278 g/mol. The van der Waals surface area contributed by atoms with Crippen molar-refractivity contribution in [1.82, 2.24) is 10.3 Å². The van der Waals surface area contributed by atoms with Crippen LogP contribution in [0.3, 0.4) is 0 Å². The standard InChI is InChI=1S/C15H16F2N2O2/c16-9-5-6-11-13(14(9)17)8(7-18-11)15(21)19-10-3-1-2-4-12(10)20/h5-7,10,12,18,20H,1-4H2,(H,19,21)/t10-,12-/m1/s1. The van der Waals surface area contributed by atoms with E-state index in [0.29, 0.717) is 18.4 Å². The van der Waals surface area contributed by atoms with Crippen molar-refractivity contribution in [3.63, 3.8) is 0 Å². The minimum Gasteiger partial charge on any atom is -0.391 e. The minimum atomic E-state index is -1.04. The van der Waals surface area contributed by atoms with Crippen molar-refractivity contribution in [2.45, 2.75) is 37.8 Å². The molecule has 21 heavy (non-hydrogen) atoms. The Morgan fingerprint density at radius 3 is 2.81 bits per heavy atom. The van der Waals surface area contributed by atoms with Crippen LogP contribution >= 0.6 is 0 Å². The maximum absolute atomic E-state index is 13.9. The fourth-order valence-corrected chi connectivity index (χ4v) is 2.86. The lowest BCUT2D eigenvalue weighted by Crippen LogP contribution is -2.45. The Hall–Kier alpha value is -1.95. The summed E-state index contributed by atoms with van der Waals surface area (Å²) >= 11 is 0. The lowest BCUT2D eigenvalue weighted by molar-refractivity contribution is 0.0718. The van der Waals surface area contributed by atoms with Crippen LogP contribution in [-0.2, 0) is 0 Å². The van der Waals surface area contributed by atoms with E-state index in [0.717, 1.165) is 18.9 Å². The van der Waals surface area contributed by atoms with Crippen LogP contribution in [0.2, 0.25) is 0 Å². The van der Waals surface area contributed by atoms with E-state index in [9.17, 15) is 18.7 Å². The highest BCUT2D eigenvalue weighted by Gasteiger charge is 2.26. The van der Waals surface area contributed by atoms with Gasteiger partial charge in [-0.2, -0.15) is 0 Å². The molecule has 112 valence electrons. The van der Waals surface area contributed by atoms with Crippen LogP contribution < -0.4 is 5.32 Å². The third-order valence-corrected chi connectivity index (χ3v) is 4.03. The molecule has 0 spiro atoms. The molecule has 3 N–H and O–H groups in total. The smallest absolute Gasteiger partial charge is 0.253 e. The number of fused-ring (bicyclic) bond motifs is 1. The van der Waals surface area contributed by atoms with Gasteiger partial charge in [-0.25, -0.2) is 8.78 Å². The summed E-state index contributed by atoms with van der Waals surface area (Å²) in [7, 11) is 0. The number of aliphatic hydroxyl groups is 1. The Labute approximate surface area is 120 Å². The molecule has 2 aromatic rings. The zero-order valence-electron chi connectivity index (χ0n) is 11.3. The summed E-state index contributed by atoms with van der Waals surface area (Å²) < 4.78 is 27.2. The van der Waals surface area contributed by atoms with Crippen LogP contribution in [0.25, 0.3) is 10.9 Å². The topological polar surface area (TPSA) is 65.1 Å². The van der Waals surface area contributed by atoms with Crippen LogP contribution in [0.15, 0.2) is 18.3 Å². The Bertz CT molecular complexity index is 684. The molecule has 3 rings (SSSR count). The fraction of sp³-hybridized carbons (Fsp3) is 0.400. The SMILES string of the molecule is O=C(N[C@@H]1CCCC[C@H]1O)c1c[nH]c2ccc(F)c(F)c12. The van der Waals surface area contributed by atoms with Crippen molar-refractivity contribution in [1.29, 1.82) is 0 Å². The van der Waals surface area contributed by atoms with Gasteiger partial charge in [0.1, 0.15) is 0 Å². The van der Waals surface area contributed by atoms with Gasteiger partial charge in [0.15, 0.2) is 11.6 Å². The molecule has 1 amide bonds. The number of amides is 1. The van der Waals surface area contributed by atoms with Crippen LogP contribution in [0, 0.1) is 11.6 Å². The Kier molecular flexibility index (Phi) is 3.63. The highest BCUT2D eigenvalue weighted by molar-refractivity contribution is 6.07. The van der Waals surface area contributed by atoms with Gasteiger partial charge in [-0.1, -0.05) is 12.8 Å². The fourth-order valence-electron chi connectivity index (χ4n) is 2.86. The molecule has 1 heterocycles. The molecular formula is C15H16F2N2O2. The van der Waals surface area contributed by atoms with Crippen molar-refractivity contribution in [3.8, 4) is 0 Å². The number of aromatic amines is 1. The van der Waals surface area contributed by atoms with E-state index >= 15 is 0 Å². The number of carbonyl (C=O) groups excluding carboxylic acids is 1. The predicted molar refractivity (Wildman–Crippen MR) is 73.9 cm³/mol. The first kappa shape index (κ1) is 14.0. The van der Waals surface area contributed by atoms with E-state index < -0.39 is 23.6 Å². The first-order valence-electron chi connectivity index (χ1n) is 7.02. The van der Waals surface area contributed by atoms with Crippen molar-refractivity contribution < 1.29 is 18.7 Å². The molecule has 1 aliphatic rings. The summed E-state index contributed by atoms with van der Waals surface area (Å²) in [6.07, 6.45) is 3.96. The van der Waals surface area contributed by atoms with E-state index in [1.54, 1.807) is 0 Å². The Morgan fingerprint density at radius 1 is 1.29 bits per heavy atom. The second-order valence-corrected chi connectivity index (χ2v) is 5.42. The minimum absolute atomic E-state index is 0.0553. The number of H-pyrrole nitrogens is 1. The number of hydrogen-bond donors (Lipinski definition) is 3. The number of nitrogens with one attached hydrogen (secondary N) is 2. The summed E-state index contributed by atoms with van der Waals surface area (Å²) in [5.41, 5.74) is 0.419. The van der Waals surface area contributed by atoms with E-state index in [2.05, 4.69) is 10.3 Å². The first-order chi connectivity index (χ1) is 10.1. The summed E-state index contributed by atoms with van der Waals surface area (Å²) in [6.45, 7) is 0. The van der Waals surface area contributed by atoms with Crippen molar-refractivity contribution >= 4 is 16.8 Å². The molecule has 1 saturated carbocycles. The van der Waals surface area contributed by atoms with E-state index in [1.807, 2.05) is 0 Å². The summed E-state index contributed by atoms with van der Waals surface area (Å²) in [6, 6.07) is 2.06. The average Bonchev–Trinajstić information content (AvgIpc) is 2.90. The molecule has 1 aromatic carbocycles. The van der Waals surface area contributed by atoms with Gasteiger partial charge >= 0.3 is 0 Å². The molecule has 2 atom stereocenters. The Balaban J connectivity index is 1.89. The summed E-state index contributed by atoms with van der Waals surface area (Å²) in [5.74, 6) is -2.53. The van der Waals surface area contributed by atoms with E-state index in [-0.39, 0.29) is 17.0 Å². The van der Waals surface area contributed by atoms with Gasteiger partial charge in [0.2, 0.25) is 0 Å². The number of aromatic nitrogens is 1. The van der Waals surface area contributed by atoms with Gasteiger partial charge in [-0.15, -0.1) is 0 Å². The third-order valence-electron chi connectivity index (χ3n) is 4.03. The first-order valence-corrected chi connectivity index (χ1v) is 7.02. The number of rotatable bonds is 2. The van der Waals surface area contributed by atoms with Gasteiger partial charge in [0.25, 0.3) is 5.91 Å². The molecule has 0 radical (unpaired) electrons. The predicted octanol–water partition coefficient (Wildman–Crippen LogP) is 2.48. The summed E-state index contributed by atoms with van der Waals surface area (Å²) in [4.78, 5) is 15.0. The maximum atomic E-state index is 13.9.